The van der Waals surface area contributed by atoms with Crippen LogP contribution in [0.25, 0.3) is 0 Å². The second-order valence-electron chi connectivity index (χ2n) is 7.74. The molecule has 154 valence electrons. The Kier molecular flexibility index (Phi) is 14.7. The summed E-state index contributed by atoms with van der Waals surface area (Å²) in [4.78, 5) is 23.1. The molecule has 0 amide bonds. The molecule has 0 saturated carbocycles. The number of hydrogen-bond acceptors (Lipinski definition) is 3. The molecule has 0 radical (unpaired) electrons. The highest BCUT2D eigenvalue weighted by Crippen LogP contribution is 2.17. The van der Waals surface area contributed by atoms with Crippen LogP contribution in [0.3, 0.4) is 0 Å². The van der Waals surface area contributed by atoms with Crippen molar-refractivity contribution in [3.63, 3.8) is 0 Å². The lowest BCUT2D eigenvalue weighted by Crippen LogP contribution is -2.10. The molecule has 0 unspecified atom stereocenters. The molecule has 0 aromatic carbocycles. The molecule has 1 rings (SSSR count). The first kappa shape index (κ1) is 23.7. The average Bonchev–Trinajstić information content (AvgIpc) is 2.65. The lowest BCUT2D eigenvalue weighted by molar-refractivity contribution is -0.140. The summed E-state index contributed by atoms with van der Waals surface area (Å²) < 4.78 is 5.27. The van der Waals surface area contributed by atoms with E-state index >= 15 is 0 Å². The van der Waals surface area contributed by atoms with E-state index in [1.807, 2.05) is 0 Å². The summed E-state index contributed by atoms with van der Waals surface area (Å²) in [6, 6.07) is 0. The van der Waals surface area contributed by atoms with Crippen molar-refractivity contribution < 1.29 is 14.3 Å². The second kappa shape index (κ2) is 16.8. The predicted octanol–water partition coefficient (Wildman–Crippen LogP) is 7.20. The second-order valence-corrected chi connectivity index (χ2v) is 7.74. The summed E-state index contributed by atoms with van der Waals surface area (Å²) in [5.41, 5.74) is 0. The highest BCUT2D eigenvalue weighted by molar-refractivity contribution is 5.91. The van der Waals surface area contributed by atoms with Crippen LogP contribution in [0.1, 0.15) is 116 Å². The number of allylic oxidation sites excluding steroid dienone is 4. The Morgan fingerprint density at radius 3 is 2.11 bits per heavy atom. The smallest absolute Gasteiger partial charge is 0.310 e. The summed E-state index contributed by atoms with van der Waals surface area (Å²) in [6.07, 6.45) is 25.0. The Morgan fingerprint density at radius 1 is 0.889 bits per heavy atom. The third-order valence-electron chi connectivity index (χ3n) is 5.06. The lowest BCUT2D eigenvalue weighted by Gasteiger charge is -2.11. The van der Waals surface area contributed by atoms with E-state index in [2.05, 4.69) is 19.1 Å². The Labute approximate surface area is 166 Å². The van der Waals surface area contributed by atoms with Gasteiger partial charge in [0.25, 0.3) is 0 Å². The number of rotatable bonds is 16. The zero-order valence-corrected chi connectivity index (χ0v) is 17.5. The summed E-state index contributed by atoms with van der Waals surface area (Å²) in [5, 5.41) is 0. The van der Waals surface area contributed by atoms with Crippen molar-refractivity contribution in [3.8, 4) is 0 Å². The Bertz CT molecular complexity index is 462. The van der Waals surface area contributed by atoms with Crippen molar-refractivity contribution in [1.29, 1.82) is 0 Å². The van der Waals surface area contributed by atoms with Gasteiger partial charge in [-0.05, 0) is 38.5 Å². The van der Waals surface area contributed by atoms with E-state index in [0.717, 1.165) is 19.3 Å². The van der Waals surface area contributed by atoms with E-state index in [1.54, 1.807) is 0 Å². The first-order valence-electron chi connectivity index (χ1n) is 11.3. The Balaban J connectivity index is 1.85. The van der Waals surface area contributed by atoms with E-state index in [-0.39, 0.29) is 11.8 Å². The minimum atomic E-state index is -0.187. The monoisotopic (exact) mass is 376 g/mol. The number of esters is 1. The summed E-state index contributed by atoms with van der Waals surface area (Å²) >= 11 is 0. The molecule has 0 spiro atoms. The van der Waals surface area contributed by atoms with Crippen LogP contribution in [0.5, 0.6) is 0 Å². The molecule has 0 saturated heterocycles. The standard InChI is InChI=1S/C24H40O3/c1-2-3-4-5-6-7-8-9-10-11-12-13-14-15-16-20-24(26)27-23-19-17-18-22(25)21-23/h9-10,21H,2-8,11-20H2,1H3/b10-9+. The third kappa shape index (κ3) is 14.4. The summed E-state index contributed by atoms with van der Waals surface area (Å²) in [6.45, 7) is 2.26. The number of ketones is 1. The highest BCUT2D eigenvalue weighted by Gasteiger charge is 2.13. The molecule has 3 nitrogen and oxygen atoms in total. The SMILES string of the molecule is CCCCCCCC/C=C/CCCCCCCC(=O)OC1=CC(=O)CCC1. The molecular formula is C24H40O3. The summed E-state index contributed by atoms with van der Waals surface area (Å²) in [7, 11) is 0. The molecule has 1 aliphatic carbocycles. The molecule has 0 aromatic rings. The number of carbonyl (C=O) groups excluding carboxylic acids is 2. The van der Waals surface area contributed by atoms with E-state index in [1.165, 1.54) is 76.7 Å². The van der Waals surface area contributed by atoms with Crippen LogP contribution in [0.2, 0.25) is 0 Å². The zero-order chi connectivity index (χ0) is 19.6. The maximum Gasteiger partial charge on any atom is 0.310 e. The topological polar surface area (TPSA) is 43.4 Å². The highest BCUT2D eigenvalue weighted by atomic mass is 16.5. The van der Waals surface area contributed by atoms with Crippen LogP contribution in [0.15, 0.2) is 24.0 Å². The fourth-order valence-electron chi connectivity index (χ4n) is 3.38. The summed E-state index contributed by atoms with van der Waals surface area (Å²) in [5.74, 6) is 0.447. The van der Waals surface area contributed by atoms with Crippen LogP contribution < -0.4 is 0 Å². The van der Waals surface area contributed by atoms with Crippen LogP contribution >= 0.6 is 0 Å². The molecule has 0 aromatic heterocycles. The molecule has 1 aliphatic rings. The Morgan fingerprint density at radius 2 is 1.48 bits per heavy atom. The maximum absolute atomic E-state index is 11.8. The van der Waals surface area contributed by atoms with Gasteiger partial charge in [-0.2, -0.15) is 0 Å². The molecule has 0 heterocycles. The van der Waals surface area contributed by atoms with E-state index < -0.39 is 0 Å². The maximum atomic E-state index is 11.8. The number of unbranched alkanes of at least 4 members (excludes halogenated alkanes) is 11. The van der Waals surface area contributed by atoms with Gasteiger partial charge in [-0.3, -0.25) is 9.59 Å². The minimum Gasteiger partial charge on any atom is -0.431 e. The van der Waals surface area contributed by atoms with Crippen molar-refractivity contribution in [1.82, 2.24) is 0 Å². The van der Waals surface area contributed by atoms with Crippen LogP contribution in [0, 0.1) is 0 Å². The molecule has 0 atom stereocenters. The first-order valence-corrected chi connectivity index (χ1v) is 11.3. The van der Waals surface area contributed by atoms with Crippen LogP contribution in [-0.2, 0) is 14.3 Å². The van der Waals surface area contributed by atoms with Crippen molar-refractivity contribution in [3.05, 3.63) is 24.0 Å². The van der Waals surface area contributed by atoms with Crippen molar-refractivity contribution >= 4 is 11.8 Å². The average molecular weight is 377 g/mol. The van der Waals surface area contributed by atoms with Gasteiger partial charge in [-0.15, -0.1) is 0 Å². The molecule has 0 fully saturated rings. The number of ether oxygens (including phenoxy) is 1. The lowest BCUT2D eigenvalue weighted by atomic mass is 10.1. The molecule has 27 heavy (non-hydrogen) atoms. The number of hydrogen-bond donors (Lipinski definition) is 0. The van der Waals surface area contributed by atoms with Crippen molar-refractivity contribution in [2.24, 2.45) is 0 Å². The zero-order valence-electron chi connectivity index (χ0n) is 17.5. The fraction of sp³-hybridized carbons (Fsp3) is 0.750. The van der Waals surface area contributed by atoms with Crippen LogP contribution in [-0.4, -0.2) is 11.8 Å². The largest absolute Gasteiger partial charge is 0.431 e. The molecule has 0 bridgehead atoms. The fourth-order valence-corrected chi connectivity index (χ4v) is 3.38. The van der Waals surface area contributed by atoms with Gasteiger partial charge in [0, 0.05) is 25.3 Å². The van der Waals surface area contributed by atoms with Gasteiger partial charge in [-0.1, -0.05) is 70.4 Å². The normalized spacial score (nSPS) is 14.6. The van der Waals surface area contributed by atoms with Gasteiger partial charge < -0.3 is 4.74 Å². The predicted molar refractivity (Wildman–Crippen MR) is 112 cm³/mol. The van der Waals surface area contributed by atoms with E-state index in [9.17, 15) is 9.59 Å². The van der Waals surface area contributed by atoms with Crippen LogP contribution in [0.4, 0.5) is 0 Å². The molecule has 0 aliphatic heterocycles. The van der Waals surface area contributed by atoms with Gasteiger partial charge in [0.05, 0.1) is 0 Å². The molecular weight excluding hydrogens is 336 g/mol. The van der Waals surface area contributed by atoms with Gasteiger partial charge in [0.2, 0.25) is 0 Å². The van der Waals surface area contributed by atoms with E-state index in [4.69, 9.17) is 4.74 Å². The van der Waals surface area contributed by atoms with E-state index in [0.29, 0.717) is 25.0 Å². The third-order valence-corrected chi connectivity index (χ3v) is 5.06. The van der Waals surface area contributed by atoms with Gasteiger partial charge in [-0.25, -0.2) is 0 Å². The first-order chi connectivity index (χ1) is 13.2. The quantitative estimate of drug-likeness (QED) is 0.162. The van der Waals surface area contributed by atoms with Crippen molar-refractivity contribution in [2.75, 3.05) is 0 Å². The van der Waals surface area contributed by atoms with Gasteiger partial charge >= 0.3 is 5.97 Å². The Hall–Kier alpha value is -1.38. The van der Waals surface area contributed by atoms with Gasteiger partial charge in [0.1, 0.15) is 5.76 Å². The number of carbonyl (C=O) groups is 2. The minimum absolute atomic E-state index is 0.0741. The molecule has 3 heteroatoms. The van der Waals surface area contributed by atoms with Gasteiger partial charge in [0.15, 0.2) is 5.78 Å². The molecule has 0 N–H and O–H groups in total. The van der Waals surface area contributed by atoms with Crippen molar-refractivity contribution in [2.45, 2.75) is 116 Å².